The van der Waals surface area contributed by atoms with Gasteiger partial charge in [0.1, 0.15) is 11.6 Å². The van der Waals surface area contributed by atoms with E-state index in [9.17, 15) is 17.2 Å². The van der Waals surface area contributed by atoms with Crippen molar-refractivity contribution < 1.29 is 17.2 Å². The molecule has 0 bridgehead atoms. The minimum atomic E-state index is -4.33. The quantitative estimate of drug-likeness (QED) is 0.817. The summed E-state index contributed by atoms with van der Waals surface area (Å²) in [6.07, 6.45) is 0. The van der Waals surface area contributed by atoms with Gasteiger partial charge < -0.3 is 0 Å². The molecule has 0 spiro atoms. The van der Waals surface area contributed by atoms with E-state index in [0.29, 0.717) is 10.6 Å². The van der Waals surface area contributed by atoms with Crippen LogP contribution in [0.3, 0.4) is 0 Å². The predicted molar refractivity (Wildman–Crippen MR) is 81.5 cm³/mol. The first-order valence-electron chi connectivity index (χ1n) is 6.08. The van der Waals surface area contributed by atoms with Crippen molar-refractivity contribution in [1.29, 1.82) is 0 Å². The van der Waals surface area contributed by atoms with Gasteiger partial charge in [-0.25, -0.2) is 17.2 Å². The van der Waals surface area contributed by atoms with Crippen LogP contribution in [0.1, 0.15) is 5.56 Å². The predicted octanol–water partition coefficient (Wildman–Crippen LogP) is 4.09. The summed E-state index contributed by atoms with van der Waals surface area (Å²) in [4.78, 5) is -0.984. The molecule has 0 saturated carbocycles. The lowest BCUT2D eigenvalue weighted by molar-refractivity contribution is 0.448. The highest BCUT2D eigenvalue weighted by Crippen LogP contribution is 2.26. The lowest BCUT2D eigenvalue weighted by atomic mass is 10.2. The van der Waals surface area contributed by atoms with E-state index >= 15 is 0 Å². The van der Waals surface area contributed by atoms with E-state index < -0.39 is 26.6 Å². The van der Waals surface area contributed by atoms with Crippen LogP contribution >= 0.6 is 23.2 Å². The van der Waals surface area contributed by atoms with Crippen molar-refractivity contribution in [1.82, 2.24) is 4.31 Å². The Balaban J connectivity index is 2.37. The fraction of sp³-hybridized carbons (Fsp3) is 0.143. The first kappa shape index (κ1) is 17.1. The Labute approximate surface area is 137 Å². The van der Waals surface area contributed by atoms with Gasteiger partial charge >= 0.3 is 0 Å². The number of benzene rings is 2. The average Bonchev–Trinajstić information content (AvgIpc) is 2.41. The molecule has 118 valence electrons. The Bertz CT molecular complexity index is 792. The SMILES string of the molecule is CN(Cc1ccc(Cl)cc1Cl)S(=O)(=O)c1c(F)cccc1F. The van der Waals surface area contributed by atoms with E-state index in [0.717, 1.165) is 22.5 Å². The van der Waals surface area contributed by atoms with Crippen molar-refractivity contribution >= 4 is 33.2 Å². The Morgan fingerprint density at radius 2 is 1.68 bits per heavy atom. The zero-order chi connectivity index (χ0) is 16.5. The van der Waals surface area contributed by atoms with E-state index in [-0.39, 0.29) is 11.6 Å². The summed E-state index contributed by atoms with van der Waals surface area (Å²) in [7, 11) is -3.12. The van der Waals surface area contributed by atoms with Gasteiger partial charge in [-0.05, 0) is 29.8 Å². The van der Waals surface area contributed by atoms with Gasteiger partial charge in [-0.2, -0.15) is 4.31 Å². The number of nitrogens with zero attached hydrogens (tertiary/aromatic N) is 1. The second kappa shape index (κ2) is 6.50. The standard InChI is InChI=1S/C14H11Cl2F2NO2S/c1-19(8-9-5-6-10(15)7-11(9)16)22(20,21)14-12(17)3-2-4-13(14)18/h2-7H,8H2,1H3. The van der Waals surface area contributed by atoms with Crippen LogP contribution in [0.4, 0.5) is 8.78 Å². The van der Waals surface area contributed by atoms with Crippen molar-refractivity contribution in [3.05, 3.63) is 63.6 Å². The number of halogens is 4. The second-order valence-corrected chi connectivity index (χ2v) is 7.37. The highest BCUT2D eigenvalue weighted by atomic mass is 35.5. The molecule has 2 aromatic rings. The molecule has 0 radical (unpaired) electrons. The summed E-state index contributed by atoms with van der Waals surface area (Å²) in [6.45, 7) is -0.147. The van der Waals surface area contributed by atoms with Gasteiger partial charge in [0.25, 0.3) is 0 Å². The first-order valence-corrected chi connectivity index (χ1v) is 8.27. The Kier molecular flexibility index (Phi) is 5.07. The Hall–Kier alpha value is -1.21. The van der Waals surface area contributed by atoms with E-state index in [2.05, 4.69) is 0 Å². The minimum absolute atomic E-state index is 0.147. The summed E-state index contributed by atoms with van der Waals surface area (Å²) in [5, 5.41) is 0.669. The molecule has 0 unspecified atom stereocenters. The molecule has 8 heteroatoms. The van der Waals surface area contributed by atoms with E-state index in [1.807, 2.05) is 0 Å². The van der Waals surface area contributed by atoms with Crippen molar-refractivity contribution in [3.63, 3.8) is 0 Å². The lowest BCUT2D eigenvalue weighted by Gasteiger charge is -2.18. The lowest BCUT2D eigenvalue weighted by Crippen LogP contribution is -2.28. The van der Waals surface area contributed by atoms with Gasteiger partial charge in [0.15, 0.2) is 4.90 Å². The van der Waals surface area contributed by atoms with Crippen LogP contribution in [0.25, 0.3) is 0 Å². The fourth-order valence-electron chi connectivity index (χ4n) is 1.86. The molecule has 0 amide bonds. The molecule has 0 fully saturated rings. The first-order chi connectivity index (χ1) is 10.2. The van der Waals surface area contributed by atoms with Crippen molar-refractivity contribution in [2.24, 2.45) is 0 Å². The molecule has 2 rings (SSSR count). The Morgan fingerprint density at radius 1 is 1.09 bits per heavy atom. The number of sulfonamides is 1. The molecule has 0 aliphatic rings. The molecule has 0 heterocycles. The maximum absolute atomic E-state index is 13.7. The topological polar surface area (TPSA) is 37.4 Å². The van der Waals surface area contributed by atoms with Crippen LogP contribution in [-0.2, 0) is 16.6 Å². The van der Waals surface area contributed by atoms with Gasteiger partial charge in [0.2, 0.25) is 10.0 Å². The van der Waals surface area contributed by atoms with E-state index in [1.54, 1.807) is 12.1 Å². The monoisotopic (exact) mass is 365 g/mol. The molecule has 3 nitrogen and oxygen atoms in total. The maximum atomic E-state index is 13.7. The zero-order valence-corrected chi connectivity index (χ0v) is 13.7. The van der Waals surface area contributed by atoms with Gasteiger partial charge in [0.05, 0.1) is 0 Å². The van der Waals surface area contributed by atoms with Gasteiger partial charge in [-0.15, -0.1) is 0 Å². The number of hydrogen-bond donors (Lipinski definition) is 0. The highest BCUT2D eigenvalue weighted by Gasteiger charge is 2.28. The molecular weight excluding hydrogens is 355 g/mol. The van der Waals surface area contributed by atoms with Crippen LogP contribution in [-0.4, -0.2) is 19.8 Å². The molecule has 2 aromatic carbocycles. The molecule has 0 aliphatic carbocycles. The molecule has 22 heavy (non-hydrogen) atoms. The van der Waals surface area contributed by atoms with Crippen LogP contribution in [0.5, 0.6) is 0 Å². The third-order valence-electron chi connectivity index (χ3n) is 3.00. The van der Waals surface area contributed by atoms with Crippen molar-refractivity contribution in [2.45, 2.75) is 11.4 Å². The van der Waals surface area contributed by atoms with Crippen LogP contribution in [0.15, 0.2) is 41.3 Å². The van der Waals surface area contributed by atoms with Gasteiger partial charge in [-0.1, -0.05) is 35.3 Å². The summed E-state index contributed by atoms with van der Waals surface area (Å²) in [5.74, 6) is -2.29. The normalized spacial score (nSPS) is 11.9. The second-order valence-electron chi connectivity index (χ2n) is 4.55. The summed E-state index contributed by atoms with van der Waals surface area (Å²) in [6, 6.07) is 7.43. The summed E-state index contributed by atoms with van der Waals surface area (Å²) >= 11 is 11.7. The van der Waals surface area contributed by atoms with E-state index in [4.69, 9.17) is 23.2 Å². The van der Waals surface area contributed by atoms with Gasteiger partial charge in [0, 0.05) is 23.6 Å². The third kappa shape index (κ3) is 3.41. The number of rotatable bonds is 4. The van der Waals surface area contributed by atoms with Crippen LogP contribution < -0.4 is 0 Å². The molecular formula is C14H11Cl2F2NO2S. The average molecular weight is 366 g/mol. The smallest absolute Gasteiger partial charge is 0.207 e. The van der Waals surface area contributed by atoms with Crippen molar-refractivity contribution in [3.8, 4) is 0 Å². The third-order valence-corrected chi connectivity index (χ3v) is 5.44. The molecule has 0 atom stereocenters. The summed E-state index contributed by atoms with van der Waals surface area (Å²) in [5.41, 5.74) is 0.467. The maximum Gasteiger partial charge on any atom is 0.248 e. The molecule has 0 aromatic heterocycles. The Morgan fingerprint density at radius 3 is 2.23 bits per heavy atom. The van der Waals surface area contributed by atoms with Gasteiger partial charge in [-0.3, -0.25) is 0 Å². The minimum Gasteiger partial charge on any atom is -0.207 e. The molecule has 0 saturated heterocycles. The molecule has 0 N–H and O–H groups in total. The molecule has 0 aliphatic heterocycles. The fourth-order valence-corrected chi connectivity index (χ4v) is 3.58. The largest absolute Gasteiger partial charge is 0.248 e. The van der Waals surface area contributed by atoms with E-state index in [1.165, 1.54) is 13.1 Å². The number of hydrogen-bond acceptors (Lipinski definition) is 2. The summed E-state index contributed by atoms with van der Waals surface area (Å²) < 4.78 is 52.9. The highest BCUT2D eigenvalue weighted by molar-refractivity contribution is 7.89. The van der Waals surface area contributed by atoms with Crippen LogP contribution in [0, 0.1) is 11.6 Å². The zero-order valence-electron chi connectivity index (χ0n) is 11.4. The van der Waals surface area contributed by atoms with Crippen LogP contribution in [0.2, 0.25) is 10.0 Å². The van der Waals surface area contributed by atoms with Crippen molar-refractivity contribution in [2.75, 3.05) is 7.05 Å².